The summed E-state index contributed by atoms with van der Waals surface area (Å²) in [6.07, 6.45) is 1.25. The van der Waals surface area contributed by atoms with Gasteiger partial charge in [0, 0.05) is 11.8 Å². The molecular formula is C24H22N4O4. The van der Waals surface area contributed by atoms with Crippen LogP contribution in [0.1, 0.15) is 21.7 Å². The van der Waals surface area contributed by atoms with Gasteiger partial charge in [0.2, 0.25) is 5.82 Å². The van der Waals surface area contributed by atoms with Crippen LogP contribution in [0.2, 0.25) is 0 Å². The molecule has 0 aliphatic heterocycles. The summed E-state index contributed by atoms with van der Waals surface area (Å²) in [7, 11) is 1.56. The minimum absolute atomic E-state index is 0.0205. The van der Waals surface area contributed by atoms with E-state index in [4.69, 9.17) is 10.5 Å². The summed E-state index contributed by atoms with van der Waals surface area (Å²) >= 11 is 0. The summed E-state index contributed by atoms with van der Waals surface area (Å²) in [5.41, 5.74) is 8.16. The van der Waals surface area contributed by atoms with Crippen LogP contribution in [-0.4, -0.2) is 38.0 Å². The maximum absolute atomic E-state index is 12.0. The topological polar surface area (TPSA) is 123 Å². The number of carbonyl (C=O) groups excluding carboxylic acids is 1. The number of aromatic hydroxyl groups is 2. The van der Waals surface area contributed by atoms with Gasteiger partial charge in [-0.05, 0) is 54.3 Å². The number of methoxy groups -OCH3 is 1. The number of ether oxygens (including phenoxy) is 1. The normalized spacial score (nSPS) is 10.8. The lowest BCUT2D eigenvalue weighted by Crippen LogP contribution is -2.17. The summed E-state index contributed by atoms with van der Waals surface area (Å²) < 4.78 is 6.66. The first-order chi connectivity index (χ1) is 15.5. The van der Waals surface area contributed by atoms with Gasteiger partial charge in [-0.15, -0.1) is 10.2 Å². The van der Waals surface area contributed by atoms with Crippen LogP contribution in [0.5, 0.6) is 17.2 Å². The van der Waals surface area contributed by atoms with Crippen LogP contribution in [-0.2, 0) is 12.8 Å². The number of nitrogens with zero attached hydrogens (tertiary/aromatic N) is 3. The molecule has 0 aliphatic rings. The number of hydrogen-bond acceptors (Lipinski definition) is 6. The predicted octanol–water partition coefficient (Wildman–Crippen LogP) is 3.24. The van der Waals surface area contributed by atoms with Crippen molar-refractivity contribution < 1.29 is 19.7 Å². The van der Waals surface area contributed by atoms with Crippen molar-refractivity contribution in [1.29, 1.82) is 0 Å². The maximum atomic E-state index is 12.0. The van der Waals surface area contributed by atoms with E-state index in [1.165, 1.54) is 10.6 Å². The van der Waals surface area contributed by atoms with E-state index in [1.54, 1.807) is 37.4 Å². The molecule has 0 aliphatic carbocycles. The monoisotopic (exact) mass is 430 g/mol. The lowest BCUT2D eigenvalue weighted by Gasteiger charge is -2.13. The zero-order valence-corrected chi connectivity index (χ0v) is 17.4. The summed E-state index contributed by atoms with van der Waals surface area (Å²) in [6.45, 7) is 0. The Hall–Kier alpha value is -4.33. The third kappa shape index (κ3) is 4.11. The molecule has 0 saturated heterocycles. The van der Waals surface area contributed by atoms with E-state index in [2.05, 4.69) is 10.2 Å². The van der Waals surface area contributed by atoms with Crippen molar-refractivity contribution in [2.24, 2.45) is 5.73 Å². The fraction of sp³-hybridized carbons (Fsp3) is 0.125. The van der Waals surface area contributed by atoms with Gasteiger partial charge >= 0.3 is 0 Å². The Morgan fingerprint density at radius 3 is 2.34 bits per heavy atom. The lowest BCUT2D eigenvalue weighted by atomic mass is 10.0. The maximum Gasteiger partial charge on any atom is 0.287 e. The Kier molecular flexibility index (Phi) is 5.76. The summed E-state index contributed by atoms with van der Waals surface area (Å²) in [5, 5.41) is 29.0. The van der Waals surface area contributed by atoms with Gasteiger partial charge in [-0.25, -0.2) is 0 Å². The molecule has 8 heteroatoms. The second-order valence-corrected chi connectivity index (χ2v) is 7.23. The number of primary amides is 1. The Morgan fingerprint density at radius 1 is 0.969 bits per heavy atom. The zero-order valence-electron chi connectivity index (χ0n) is 17.4. The average Bonchev–Trinajstić information content (AvgIpc) is 3.24. The first-order valence-electron chi connectivity index (χ1n) is 9.96. The molecule has 4 N–H and O–H groups in total. The molecule has 0 bridgehead atoms. The molecule has 0 unspecified atom stereocenters. The van der Waals surface area contributed by atoms with Crippen LogP contribution in [0.15, 0.2) is 66.7 Å². The largest absolute Gasteiger partial charge is 0.508 e. The van der Waals surface area contributed by atoms with Crippen molar-refractivity contribution in [3.05, 3.63) is 83.7 Å². The molecule has 4 rings (SSSR count). The van der Waals surface area contributed by atoms with Crippen molar-refractivity contribution in [2.45, 2.75) is 12.8 Å². The molecule has 1 amide bonds. The van der Waals surface area contributed by atoms with Gasteiger partial charge in [0.05, 0.1) is 12.7 Å². The van der Waals surface area contributed by atoms with Gasteiger partial charge in [0.1, 0.15) is 17.2 Å². The van der Waals surface area contributed by atoms with Gasteiger partial charge in [0.15, 0.2) is 5.82 Å². The molecule has 0 spiro atoms. The van der Waals surface area contributed by atoms with Crippen LogP contribution in [0.25, 0.3) is 17.1 Å². The number of phenolic OH excluding ortho intramolecular Hbond substituents is 2. The average molecular weight is 430 g/mol. The highest BCUT2D eigenvalue weighted by atomic mass is 16.5. The van der Waals surface area contributed by atoms with E-state index >= 15 is 0 Å². The number of aromatic nitrogens is 3. The number of nitrogens with two attached hydrogens (primary N) is 1. The van der Waals surface area contributed by atoms with Crippen molar-refractivity contribution in [1.82, 2.24) is 14.8 Å². The zero-order chi connectivity index (χ0) is 22.7. The Morgan fingerprint density at radius 2 is 1.69 bits per heavy atom. The van der Waals surface area contributed by atoms with Gasteiger partial charge in [0.25, 0.3) is 5.91 Å². The molecule has 162 valence electrons. The van der Waals surface area contributed by atoms with Crippen molar-refractivity contribution in [3.63, 3.8) is 0 Å². The van der Waals surface area contributed by atoms with Crippen LogP contribution in [0, 0.1) is 0 Å². The number of amides is 1. The predicted molar refractivity (Wildman–Crippen MR) is 119 cm³/mol. The molecule has 1 aromatic heterocycles. The second kappa shape index (κ2) is 8.81. The standard InChI is InChI=1S/C24H22N4O4/c1-32-18-11-9-17(10-12-18)28-23(26-27-24(28)22(25)31)19-13-16(20(29)14-21(19)30)8-7-15-5-3-2-4-6-15/h2-6,9-14,29-30H,7-8H2,1H3,(H2,25,31). The fourth-order valence-corrected chi connectivity index (χ4v) is 3.52. The molecule has 1 heterocycles. The van der Waals surface area contributed by atoms with Crippen molar-refractivity contribution in [2.75, 3.05) is 7.11 Å². The van der Waals surface area contributed by atoms with E-state index in [1.807, 2.05) is 30.3 Å². The van der Waals surface area contributed by atoms with Crippen LogP contribution < -0.4 is 10.5 Å². The minimum Gasteiger partial charge on any atom is -0.508 e. The van der Waals surface area contributed by atoms with E-state index in [-0.39, 0.29) is 23.1 Å². The minimum atomic E-state index is -0.762. The smallest absolute Gasteiger partial charge is 0.287 e. The summed E-state index contributed by atoms with van der Waals surface area (Å²) in [6, 6.07) is 19.7. The van der Waals surface area contributed by atoms with Crippen molar-refractivity contribution in [3.8, 4) is 34.3 Å². The summed E-state index contributed by atoms with van der Waals surface area (Å²) in [5.74, 6) is -0.190. The number of benzene rings is 3. The number of aryl methyl sites for hydroxylation is 2. The highest BCUT2D eigenvalue weighted by Gasteiger charge is 2.22. The molecule has 3 aromatic carbocycles. The molecule has 0 fully saturated rings. The first kappa shape index (κ1) is 20.9. The number of phenols is 2. The highest BCUT2D eigenvalue weighted by Crippen LogP contribution is 2.36. The number of carbonyl (C=O) groups is 1. The third-order valence-corrected chi connectivity index (χ3v) is 5.18. The third-order valence-electron chi connectivity index (χ3n) is 5.18. The second-order valence-electron chi connectivity index (χ2n) is 7.23. The molecule has 0 atom stereocenters. The molecule has 8 nitrogen and oxygen atoms in total. The van der Waals surface area contributed by atoms with Gasteiger partial charge < -0.3 is 20.7 Å². The van der Waals surface area contributed by atoms with Gasteiger partial charge in [-0.2, -0.15) is 0 Å². The van der Waals surface area contributed by atoms with E-state index in [0.29, 0.717) is 35.4 Å². The Bertz CT molecular complexity index is 1250. The van der Waals surface area contributed by atoms with E-state index < -0.39 is 5.91 Å². The van der Waals surface area contributed by atoms with E-state index in [9.17, 15) is 15.0 Å². The van der Waals surface area contributed by atoms with Crippen molar-refractivity contribution >= 4 is 5.91 Å². The first-order valence-corrected chi connectivity index (χ1v) is 9.96. The van der Waals surface area contributed by atoms with Gasteiger partial charge in [-0.1, -0.05) is 30.3 Å². The SMILES string of the molecule is COc1ccc(-n2c(C(N)=O)nnc2-c2cc(CCc3ccccc3)c(O)cc2O)cc1. The van der Waals surface area contributed by atoms with Crippen LogP contribution in [0.3, 0.4) is 0 Å². The van der Waals surface area contributed by atoms with E-state index in [0.717, 1.165) is 5.56 Å². The molecule has 4 aromatic rings. The van der Waals surface area contributed by atoms with Crippen LogP contribution in [0.4, 0.5) is 0 Å². The van der Waals surface area contributed by atoms with Crippen LogP contribution >= 0.6 is 0 Å². The number of rotatable bonds is 7. The Labute approximate surface area is 184 Å². The molecule has 32 heavy (non-hydrogen) atoms. The molecule has 0 saturated carbocycles. The Balaban J connectivity index is 1.78. The fourth-order valence-electron chi connectivity index (χ4n) is 3.52. The highest BCUT2D eigenvalue weighted by molar-refractivity contribution is 5.90. The quantitative estimate of drug-likeness (QED) is 0.414. The summed E-state index contributed by atoms with van der Waals surface area (Å²) in [4.78, 5) is 12.0. The number of hydrogen-bond donors (Lipinski definition) is 3. The molecular weight excluding hydrogens is 408 g/mol. The lowest BCUT2D eigenvalue weighted by molar-refractivity contribution is 0.0988. The molecule has 0 radical (unpaired) electrons. The van der Waals surface area contributed by atoms with Gasteiger partial charge in [-0.3, -0.25) is 9.36 Å².